The minimum absolute atomic E-state index is 0.393. The first-order valence-electron chi connectivity index (χ1n) is 8.81. The van der Waals surface area contributed by atoms with Crippen LogP contribution in [-0.2, 0) is 6.54 Å². The average molecular weight is 393 g/mol. The first-order chi connectivity index (χ1) is 14.2. The molecule has 0 fully saturated rings. The van der Waals surface area contributed by atoms with Crippen LogP contribution < -0.4 is 14.8 Å². The summed E-state index contributed by atoms with van der Waals surface area (Å²) in [6.07, 6.45) is 1.56. The van der Waals surface area contributed by atoms with Gasteiger partial charge < -0.3 is 19.3 Å². The fourth-order valence-electron chi connectivity index (χ4n) is 2.89. The largest absolute Gasteiger partial charge is 0.493 e. The Morgan fingerprint density at radius 1 is 1.07 bits per heavy atom. The number of tetrazole rings is 1. The minimum Gasteiger partial charge on any atom is -0.493 e. The Hall–Kier alpha value is -3.95. The average Bonchev–Trinajstić information content (AvgIpc) is 3.44. The lowest BCUT2D eigenvalue weighted by Gasteiger charge is -2.08. The van der Waals surface area contributed by atoms with E-state index >= 15 is 0 Å². The van der Waals surface area contributed by atoms with Gasteiger partial charge in [0.25, 0.3) is 0 Å². The van der Waals surface area contributed by atoms with Crippen molar-refractivity contribution in [2.45, 2.75) is 13.5 Å². The number of methoxy groups -OCH3 is 2. The Morgan fingerprint density at radius 3 is 2.66 bits per heavy atom. The summed E-state index contributed by atoms with van der Waals surface area (Å²) in [6, 6.07) is 11.3. The van der Waals surface area contributed by atoms with E-state index in [0.29, 0.717) is 29.8 Å². The van der Waals surface area contributed by atoms with E-state index in [1.165, 1.54) is 0 Å². The van der Waals surface area contributed by atoms with Gasteiger partial charge in [-0.1, -0.05) is 5.16 Å². The van der Waals surface area contributed by atoms with Gasteiger partial charge in [-0.3, -0.25) is 0 Å². The zero-order valence-electron chi connectivity index (χ0n) is 16.2. The maximum atomic E-state index is 5.36. The van der Waals surface area contributed by atoms with E-state index in [0.717, 1.165) is 22.5 Å². The van der Waals surface area contributed by atoms with E-state index in [1.54, 1.807) is 31.3 Å². The molecule has 2 aromatic heterocycles. The third-order valence-electron chi connectivity index (χ3n) is 4.35. The van der Waals surface area contributed by atoms with Crippen LogP contribution in [0.2, 0.25) is 0 Å². The third-order valence-corrected chi connectivity index (χ3v) is 4.35. The lowest BCUT2D eigenvalue weighted by Crippen LogP contribution is -2.02. The summed E-state index contributed by atoms with van der Waals surface area (Å²) in [7, 11) is 3.17. The predicted molar refractivity (Wildman–Crippen MR) is 104 cm³/mol. The van der Waals surface area contributed by atoms with Crippen molar-refractivity contribution in [1.29, 1.82) is 0 Å². The highest BCUT2D eigenvalue weighted by molar-refractivity contribution is 5.60. The van der Waals surface area contributed by atoms with Crippen LogP contribution >= 0.6 is 0 Å². The van der Waals surface area contributed by atoms with Crippen LogP contribution in [0.15, 0.2) is 47.2 Å². The first kappa shape index (κ1) is 18.4. The summed E-state index contributed by atoms with van der Waals surface area (Å²) in [5, 5.41) is 18.6. The van der Waals surface area contributed by atoms with Crippen molar-refractivity contribution in [3.05, 3.63) is 54.2 Å². The number of nitrogens with zero attached hydrogens (tertiary/aromatic N) is 6. The van der Waals surface area contributed by atoms with Crippen molar-refractivity contribution in [2.75, 3.05) is 19.5 Å². The van der Waals surface area contributed by atoms with E-state index in [-0.39, 0.29) is 0 Å². The Labute approximate surface area is 166 Å². The number of ether oxygens (including phenoxy) is 2. The van der Waals surface area contributed by atoms with E-state index in [4.69, 9.17) is 14.0 Å². The topological polar surface area (TPSA) is 113 Å². The molecule has 0 unspecified atom stereocenters. The van der Waals surface area contributed by atoms with Crippen molar-refractivity contribution in [2.24, 2.45) is 0 Å². The molecule has 4 aromatic rings. The highest BCUT2D eigenvalue weighted by atomic mass is 16.5. The first-order valence-corrected chi connectivity index (χ1v) is 8.81. The van der Waals surface area contributed by atoms with Crippen LogP contribution in [-0.4, -0.2) is 44.6 Å². The molecule has 0 saturated heterocycles. The summed E-state index contributed by atoms with van der Waals surface area (Å²) in [6.45, 7) is 2.38. The molecule has 0 atom stereocenters. The van der Waals surface area contributed by atoms with E-state index in [2.05, 4.69) is 31.0 Å². The van der Waals surface area contributed by atoms with Crippen LogP contribution in [0, 0.1) is 6.92 Å². The number of aromatic nitrogens is 6. The van der Waals surface area contributed by atoms with Crippen LogP contribution in [0.5, 0.6) is 11.5 Å². The number of benzene rings is 2. The number of hydrogen-bond donors (Lipinski definition) is 1. The van der Waals surface area contributed by atoms with Gasteiger partial charge in [0.2, 0.25) is 11.7 Å². The Balaban J connectivity index is 1.45. The van der Waals surface area contributed by atoms with Gasteiger partial charge >= 0.3 is 0 Å². The Kier molecular flexibility index (Phi) is 5.06. The normalized spacial score (nSPS) is 10.7. The molecule has 1 N–H and O–H groups in total. The summed E-state index contributed by atoms with van der Waals surface area (Å²) >= 11 is 0. The molecule has 0 aliphatic carbocycles. The molecule has 148 valence electrons. The monoisotopic (exact) mass is 393 g/mol. The second-order valence-corrected chi connectivity index (χ2v) is 6.19. The molecular formula is C19H19N7O3. The maximum Gasteiger partial charge on any atom is 0.246 e. The fraction of sp³-hybridized carbons (Fsp3) is 0.211. The van der Waals surface area contributed by atoms with Crippen LogP contribution in [0.1, 0.15) is 11.5 Å². The number of anilines is 1. The minimum atomic E-state index is 0.393. The van der Waals surface area contributed by atoms with Crippen molar-refractivity contribution in [1.82, 2.24) is 30.3 Å². The van der Waals surface area contributed by atoms with Gasteiger partial charge in [-0.15, -0.1) is 5.10 Å². The SMILES string of the molecule is COc1ccc(-c2noc(CNc3ccc(-n4cnnn4)c(C)c3)n2)cc1OC. The number of nitrogens with one attached hydrogen (secondary N) is 1. The second kappa shape index (κ2) is 7.97. The number of hydrogen-bond acceptors (Lipinski definition) is 9. The molecule has 0 aliphatic rings. The van der Waals surface area contributed by atoms with E-state index < -0.39 is 0 Å². The zero-order valence-corrected chi connectivity index (χ0v) is 16.2. The van der Waals surface area contributed by atoms with Crippen molar-refractivity contribution in [3.8, 4) is 28.6 Å². The van der Waals surface area contributed by atoms with Crippen molar-refractivity contribution < 1.29 is 14.0 Å². The molecule has 0 amide bonds. The smallest absolute Gasteiger partial charge is 0.246 e. The lowest BCUT2D eigenvalue weighted by molar-refractivity contribution is 0.355. The standard InChI is InChI=1S/C19H19N7O3/c1-12-8-14(5-6-15(12)26-11-21-24-25-26)20-10-18-22-19(23-29-18)13-4-7-16(27-2)17(9-13)28-3/h4-9,11,20H,10H2,1-3H3. The Morgan fingerprint density at radius 2 is 1.93 bits per heavy atom. The maximum absolute atomic E-state index is 5.36. The molecule has 0 spiro atoms. The summed E-state index contributed by atoms with van der Waals surface area (Å²) in [5.74, 6) is 2.19. The summed E-state index contributed by atoms with van der Waals surface area (Å²) in [4.78, 5) is 4.44. The molecular weight excluding hydrogens is 374 g/mol. The molecule has 2 aromatic carbocycles. The molecule has 4 rings (SSSR count). The van der Waals surface area contributed by atoms with Crippen molar-refractivity contribution >= 4 is 5.69 Å². The quantitative estimate of drug-likeness (QED) is 0.506. The fourth-order valence-corrected chi connectivity index (χ4v) is 2.89. The van der Waals surface area contributed by atoms with E-state index in [9.17, 15) is 0 Å². The zero-order chi connectivity index (χ0) is 20.2. The van der Waals surface area contributed by atoms with Gasteiger partial charge in [0, 0.05) is 11.3 Å². The van der Waals surface area contributed by atoms with Crippen LogP contribution in [0.25, 0.3) is 17.1 Å². The van der Waals surface area contributed by atoms with Crippen LogP contribution in [0.3, 0.4) is 0 Å². The third kappa shape index (κ3) is 3.86. The van der Waals surface area contributed by atoms with Gasteiger partial charge in [-0.05, 0) is 59.3 Å². The summed E-state index contributed by atoms with van der Waals surface area (Å²) in [5.41, 5.74) is 3.64. The van der Waals surface area contributed by atoms with Crippen molar-refractivity contribution in [3.63, 3.8) is 0 Å². The van der Waals surface area contributed by atoms with Gasteiger partial charge in [-0.2, -0.15) is 4.98 Å². The molecule has 0 bridgehead atoms. The molecule has 2 heterocycles. The molecule has 0 saturated carbocycles. The highest BCUT2D eigenvalue weighted by Gasteiger charge is 2.12. The van der Waals surface area contributed by atoms with Gasteiger partial charge in [0.1, 0.15) is 6.33 Å². The molecule has 0 aliphatic heterocycles. The molecule has 10 nitrogen and oxygen atoms in total. The highest BCUT2D eigenvalue weighted by Crippen LogP contribution is 2.31. The van der Waals surface area contributed by atoms with Gasteiger partial charge in [-0.25, -0.2) is 4.68 Å². The van der Waals surface area contributed by atoms with Crippen LogP contribution in [0.4, 0.5) is 5.69 Å². The lowest BCUT2D eigenvalue weighted by atomic mass is 10.2. The van der Waals surface area contributed by atoms with E-state index in [1.807, 2.05) is 37.3 Å². The molecule has 0 radical (unpaired) electrons. The number of aryl methyl sites for hydroxylation is 1. The number of rotatable bonds is 7. The summed E-state index contributed by atoms with van der Waals surface area (Å²) < 4.78 is 17.5. The predicted octanol–water partition coefficient (Wildman–Crippen LogP) is 2.65. The second-order valence-electron chi connectivity index (χ2n) is 6.19. The molecule has 29 heavy (non-hydrogen) atoms. The molecule has 10 heteroatoms. The van der Waals surface area contributed by atoms with Gasteiger partial charge in [0.05, 0.1) is 26.5 Å². The Bertz CT molecular complexity index is 1110. The van der Waals surface area contributed by atoms with Gasteiger partial charge in [0.15, 0.2) is 11.5 Å².